The van der Waals surface area contributed by atoms with Crippen LogP contribution in [0.2, 0.25) is 0 Å². The van der Waals surface area contributed by atoms with Gasteiger partial charge in [0.15, 0.2) is 6.10 Å². The first-order valence-electron chi connectivity index (χ1n) is 6.57. The van der Waals surface area contributed by atoms with Gasteiger partial charge in [-0.1, -0.05) is 30.3 Å². The number of hydrogen-bond acceptors (Lipinski definition) is 4. The number of pyridine rings is 1. The highest BCUT2D eigenvalue weighted by atomic mass is 32.2. The van der Waals surface area contributed by atoms with Crippen LogP contribution in [0.15, 0.2) is 48.7 Å². The Morgan fingerprint density at radius 2 is 2.10 bits per heavy atom. The number of ether oxygens (including phenoxy) is 1. The summed E-state index contributed by atoms with van der Waals surface area (Å²) in [5.74, 6) is 1.21. The normalized spacial score (nSPS) is 11.9. The maximum absolute atomic E-state index is 12.3. The summed E-state index contributed by atoms with van der Waals surface area (Å²) in [7, 11) is 1.52. The van der Waals surface area contributed by atoms with Crippen molar-refractivity contribution in [2.24, 2.45) is 0 Å². The van der Waals surface area contributed by atoms with E-state index in [1.807, 2.05) is 48.7 Å². The van der Waals surface area contributed by atoms with Crippen LogP contribution in [0.25, 0.3) is 0 Å². The van der Waals surface area contributed by atoms with E-state index in [1.54, 1.807) is 18.0 Å². The van der Waals surface area contributed by atoms with E-state index in [2.05, 4.69) is 10.3 Å². The summed E-state index contributed by atoms with van der Waals surface area (Å²) in [4.78, 5) is 16.5. The number of amides is 1. The molecule has 0 bridgehead atoms. The molecule has 1 aromatic carbocycles. The van der Waals surface area contributed by atoms with Crippen molar-refractivity contribution >= 4 is 23.5 Å². The molecule has 21 heavy (non-hydrogen) atoms. The van der Waals surface area contributed by atoms with Gasteiger partial charge < -0.3 is 10.1 Å². The fraction of sp³-hybridized carbons (Fsp3) is 0.250. The van der Waals surface area contributed by atoms with Crippen molar-refractivity contribution < 1.29 is 9.53 Å². The van der Waals surface area contributed by atoms with Crippen LogP contribution in [-0.2, 0) is 15.3 Å². The average Bonchev–Trinajstić information content (AvgIpc) is 2.50. The minimum absolute atomic E-state index is 0.225. The van der Waals surface area contributed by atoms with Gasteiger partial charge in [-0.3, -0.25) is 4.79 Å². The SMILES string of the molecule is COC(C(=O)Nc1cc(CSC)ccn1)c1ccccc1. The number of rotatable bonds is 6. The van der Waals surface area contributed by atoms with Crippen molar-refractivity contribution in [3.05, 3.63) is 59.8 Å². The number of aromatic nitrogens is 1. The van der Waals surface area contributed by atoms with E-state index in [0.717, 1.165) is 16.9 Å². The molecule has 4 nitrogen and oxygen atoms in total. The molecule has 1 unspecified atom stereocenters. The van der Waals surface area contributed by atoms with Gasteiger partial charge in [0, 0.05) is 19.1 Å². The van der Waals surface area contributed by atoms with Crippen LogP contribution in [0.3, 0.4) is 0 Å². The van der Waals surface area contributed by atoms with Crippen LogP contribution in [-0.4, -0.2) is 24.3 Å². The quantitative estimate of drug-likeness (QED) is 0.890. The van der Waals surface area contributed by atoms with Gasteiger partial charge in [0.05, 0.1) is 0 Å². The Morgan fingerprint density at radius 1 is 1.33 bits per heavy atom. The fourth-order valence-electron chi connectivity index (χ4n) is 2.01. The summed E-state index contributed by atoms with van der Waals surface area (Å²) < 4.78 is 5.30. The van der Waals surface area contributed by atoms with E-state index in [-0.39, 0.29) is 5.91 Å². The number of anilines is 1. The van der Waals surface area contributed by atoms with E-state index in [4.69, 9.17) is 4.74 Å². The second-order valence-corrected chi connectivity index (χ2v) is 5.36. The summed E-state index contributed by atoms with van der Waals surface area (Å²) in [5.41, 5.74) is 1.94. The largest absolute Gasteiger partial charge is 0.367 e. The summed E-state index contributed by atoms with van der Waals surface area (Å²) >= 11 is 1.72. The lowest BCUT2D eigenvalue weighted by molar-refractivity contribution is -0.126. The Balaban J connectivity index is 2.11. The zero-order chi connectivity index (χ0) is 15.1. The minimum Gasteiger partial charge on any atom is -0.367 e. The molecule has 0 spiro atoms. The molecule has 110 valence electrons. The van der Waals surface area contributed by atoms with Crippen molar-refractivity contribution in [1.82, 2.24) is 4.98 Å². The molecule has 1 amide bonds. The maximum atomic E-state index is 12.3. The molecule has 1 atom stereocenters. The number of benzene rings is 1. The molecule has 1 heterocycles. The molecule has 2 rings (SSSR count). The minimum atomic E-state index is -0.641. The second kappa shape index (κ2) is 7.81. The van der Waals surface area contributed by atoms with E-state index >= 15 is 0 Å². The third-order valence-electron chi connectivity index (χ3n) is 2.96. The molecular formula is C16H18N2O2S. The maximum Gasteiger partial charge on any atom is 0.259 e. The molecule has 0 aliphatic rings. The third kappa shape index (κ3) is 4.31. The fourth-order valence-corrected chi connectivity index (χ4v) is 2.53. The number of methoxy groups -OCH3 is 1. The molecule has 1 aromatic heterocycles. The predicted octanol–water partition coefficient (Wildman–Crippen LogP) is 3.27. The molecule has 0 aliphatic carbocycles. The van der Waals surface area contributed by atoms with Gasteiger partial charge in [-0.05, 0) is 29.5 Å². The van der Waals surface area contributed by atoms with Gasteiger partial charge in [0.2, 0.25) is 0 Å². The average molecular weight is 302 g/mol. The number of thioether (sulfide) groups is 1. The summed E-state index contributed by atoms with van der Waals surface area (Å²) in [5, 5.41) is 2.81. The first kappa shape index (κ1) is 15.5. The van der Waals surface area contributed by atoms with Crippen LogP contribution >= 0.6 is 11.8 Å². The molecule has 0 saturated carbocycles. The first-order chi connectivity index (χ1) is 10.2. The zero-order valence-electron chi connectivity index (χ0n) is 12.1. The Kier molecular flexibility index (Phi) is 5.78. The Labute approximate surface area is 128 Å². The molecule has 0 fully saturated rings. The number of hydrogen-bond donors (Lipinski definition) is 1. The predicted molar refractivity (Wildman–Crippen MR) is 86.3 cm³/mol. The van der Waals surface area contributed by atoms with Crippen molar-refractivity contribution in [3.63, 3.8) is 0 Å². The summed E-state index contributed by atoms with van der Waals surface area (Å²) in [6.07, 6.45) is 3.10. The van der Waals surface area contributed by atoms with Crippen LogP contribution in [0.1, 0.15) is 17.2 Å². The Hall–Kier alpha value is -1.85. The van der Waals surface area contributed by atoms with Gasteiger partial charge in [0.1, 0.15) is 5.82 Å². The van der Waals surface area contributed by atoms with Gasteiger partial charge in [0.25, 0.3) is 5.91 Å². The number of carbonyl (C=O) groups is 1. The van der Waals surface area contributed by atoms with Gasteiger partial charge in [-0.2, -0.15) is 11.8 Å². The standard InChI is InChI=1S/C16H18N2O2S/c1-20-15(13-6-4-3-5-7-13)16(19)18-14-10-12(11-21-2)8-9-17-14/h3-10,15H,11H2,1-2H3,(H,17,18,19). The second-order valence-electron chi connectivity index (χ2n) is 4.50. The highest BCUT2D eigenvalue weighted by molar-refractivity contribution is 7.97. The molecule has 0 radical (unpaired) electrons. The number of carbonyl (C=O) groups excluding carboxylic acids is 1. The van der Waals surface area contributed by atoms with E-state index in [1.165, 1.54) is 7.11 Å². The molecule has 1 N–H and O–H groups in total. The van der Waals surface area contributed by atoms with Gasteiger partial charge >= 0.3 is 0 Å². The Morgan fingerprint density at radius 3 is 2.76 bits per heavy atom. The van der Waals surface area contributed by atoms with Crippen LogP contribution in [0.4, 0.5) is 5.82 Å². The highest BCUT2D eigenvalue weighted by Crippen LogP contribution is 2.19. The zero-order valence-corrected chi connectivity index (χ0v) is 12.9. The van der Waals surface area contributed by atoms with Crippen molar-refractivity contribution in [2.75, 3.05) is 18.7 Å². The lowest BCUT2D eigenvalue weighted by Gasteiger charge is -2.15. The van der Waals surface area contributed by atoms with Crippen molar-refractivity contribution in [2.45, 2.75) is 11.9 Å². The van der Waals surface area contributed by atoms with Gasteiger partial charge in [-0.25, -0.2) is 4.98 Å². The summed E-state index contributed by atoms with van der Waals surface area (Å²) in [6, 6.07) is 13.2. The van der Waals surface area contributed by atoms with Crippen LogP contribution in [0.5, 0.6) is 0 Å². The molecule has 0 aliphatic heterocycles. The van der Waals surface area contributed by atoms with E-state index < -0.39 is 6.10 Å². The molecule has 0 saturated heterocycles. The summed E-state index contributed by atoms with van der Waals surface area (Å²) in [6.45, 7) is 0. The van der Waals surface area contributed by atoms with Crippen molar-refractivity contribution in [1.29, 1.82) is 0 Å². The molecule has 2 aromatic rings. The Bertz CT molecular complexity index is 590. The highest BCUT2D eigenvalue weighted by Gasteiger charge is 2.20. The van der Waals surface area contributed by atoms with E-state index in [0.29, 0.717) is 5.82 Å². The molecular weight excluding hydrogens is 284 g/mol. The first-order valence-corrected chi connectivity index (χ1v) is 7.96. The number of nitrogens with zero attached hydrogens (tertiary/aromatic N) is 1. The van der Waals surface area contributed by atoms with E-state index in [9.17, 15) is 4.79 Å². The third-order valence-corrected chi connectivity index (χ3v) is 3.58. The topological polar surface area (TPSA) is 51.2 Å². The van der Waals surface area contributed by atoms with Gasteiger partial charge in [-0.15, -0.1) is 0 Å². The lowest BCUT2D eigenvalue weighted by Crippen LogP contribution is -2.23. The monoisotopic (exact) mass is 302 g/mol. The number of nitrogens with one attached hydrogen (secondary N) is 1. The van der Waals surface area contributed by atoms with Crippen LogP contribution in [0, 0.1) is 0 Å². The lowest BCUT2D eigenvalue weighted by atomic mass is 10.1. The molecule has 5 heteroatoms. The smallest absolute Gasteiger partial charge is 0.259 e. The van der Waals surface area contributed by atoms with Crippen LogP contribution < -0.4 is 5.32 Å². The van der Waals surface area contributed by atoms with Crippen molar-refractivity contribution in [3.8, 4) is 0 Å².